The molecule has 0 radical (unpaired) electrons. The highest BCUT2D eigenvalue weighted by atomic mass is 35.5. The molecule has 0 atom stereocenters. The SMILES string of the molecule is CNCCC(=O)NCC(C)(C)c1ccc(Cl)cc1. The van der Waals surface area contributed by atoms with Gasteiger partial charge in [-0.2, -0.15) is 0 Å². The number of halogens is 1. The Morgan fingerprint density at radius 2 is 1.89 bits per heavy atom. The lowest BCUT2D eigenvalue weighted by Crippen LogP contribution is -2.37. The van der Waals surface area contributed by atoms with E-state index in [1.165, 1.54) is 5.56 Å². The molecule has 18 heavy (non-hydrogen) atoms. The first-order valence-electron chi connectivity index (χ1n) is 6.13. The van der Waals surface area contributed by atoms with Crippen LogP contribution in [-0.4, -0.2) is 26.0 Å². The summed E-state index contributed by atoms with van der Waals surface area (Å²) in [5.41, 5.74) is 1.07. The Balaban J connectivity index is 2.54. The number of carbonyl (C=O) groups is 1. The van der Waals surface area contributed by atoms with Crippen molar-refractivity contribution in [2.45, 2.75) is 25.7 Å². The monoisotopic (exact) mass is 268 g/mol. The van der Waals surface area contributed by atoms with Crippen LogP contribution in [0.3, 0.4) is 0 Å². The molecule has 100 valence electrons. The van der Waals surface area contributed by atoms with E-state index in [0.717, 1.165) is 5.02 Å². The van der Waals surface area contributed by atoms with Gasteiger partial charge in [0.15, 0.2) is 0 Å². The van der Waals surface area contributed by atoms with E-state index >= 15 is 0 Å². The minimum absolute atomic E-state index is 0.0754. The maximum absolute atomic E-state index is 11.6. The van der Waals surface area contributed by atoms with Crippen molar-refractivity contribution < 1.29 is 4.79 Å². The van der Waals surface area contributed by atoms with Crippen LogP contribution in [0.1, 0.15) is 25.8 Å². The first-order valence-corrected chi connectivity index (χ1v) is 6.51. The van der Waals surface area contributed by atoms with Gasteiger partial charge in [-0.1, -0.05) is 37.6 Å². The average molecular weight is 269 g/mol. The number of benzene rings is 1. The van der Waals surface area contributed by atoms with E-state index in [2.05, 4.69) is 24.5 Å². The quantitative estimate of drug-likeness (QED) is 0.832. The number of rotatable bonds is 6. The van der Waals surface area contributed by atoms with Gasteiger partial charge in [-0.25, -0.2) is 0 Å². The lowest BCUT2D eigenvalue weighted by molar-refractivity contribution is -0.121. The molecule has 1 aromatic carbocycles. The fourth-order valence-corrected chi connectivity index (χ4v) is 1.78. The Hall–Kier alpha value is -1.06. The number of amides is 1. The van der Waals surface area contributed by atoms with Crippen LogP contribution in [0, 0.1) is 0 Å². The molecule has 1 amide bonds. The van der Waals surface area contributed by atoms with Crippen molar-refractivity contribution in [2.24, 2.45) is 0 Å². The van der Waals surface area contributed by atoms with E-state index in [-0.39, 0.29) is 11.3 Å². The smallest absolute Gasteiger partial charge is 0.221 e. The average Bonchev–Trinajstić information content (AvgIpc) is 2.34. The van der Waals surface area contributed by atoms with Crippen LogP contribution in [0.15, 0.2) is 24.3 Å². The van der Waals surface area contributed by atoms with Crippen LogP contribution < -0.4 is 10.6 Å². The summed E-state index contributed by atoms with van der Waals surface area (Å²) in [5, 5.41) is 6.65. The standard InChI is InChI=1S/C14H21ClN2O/c1-14(2,10-17-13(18)8-9-16-3)11-4-6-12(15)7-5-11/h4-7,16H,8-10H2,1-3H3,(H,17,18). The molecular formula is C14H21ClN2O. The first-order chi connectivity index (χ1) is 8.45. The zero-order chi connectivity index (χ0) is 13.6. The number of hydrogen-bond donors (Lipinski definition) is 2. The van der Waals surface area contributed by atoms with Crippen LogP contribution in [0.4, 0.5) is 0 Å². The summed E-state index contributed by atoms with van der Waals surface area (Å²) in [7, 11) is 1.84. The third-order valence-corrected chi connectivity index (χ3v) is 3.21. The molecule has 0 bridgehead atoms. The molecule has 3 nitrogen and oxygen atoms in total. The van der Waals surface area contributed by atoms with Crippen LogP contribution in [0.5, 0.6) is 0 Å². The van der Waals surface area contributed by atoms with Crippen molar-refractivity contribution in [1.29, 1.82) is 0 Å². The molecule has 0 aromatic heterocycles. The molecule has 0 fully saturated rings. The zero-order valence-corrected chi connectivity index (χ0v) is 12.0. The van der Waals surface area contributed by atoms with Gasteiger partial charge in [0.1, 0.15) is 0 Å². The predicted molar refractivity (Wildman–Crippen MR) is 76.0 cm³/mol. The topological polar surface area (TPSA) is 41.1 Å². The minimum atomic E-state index is -0.0973. The molecule has 0 unspecified atom stereocenters. The van der Waals surface area contributed by atoms with E-state index < -0.39 is 0 Å². The van der Waals surface area contributed by atoms with Crippen molar-refractivity contribution in [3.05, 3.63) is 34.9 Å². The van der Waals surface area contributed by atoms with Gasteiger partial charge in [0.2, 0.25) is 5.91 Å². The highest BCUT2D eigenvalue weighted by Crippen LogP contribution is 2.23. The highest BCUT2D eigenvalue weighted by molar-refractivity contribution is 6.30. The molecule has 2 N–H and O–H groups in total. The third kappa shape index (κ3) is 4.67. The summed E-state index contributed by atoms with van der Waals surface area (Å²) < 4.78 is 0. The summed E-state index contributed by atoms with van der Waals surface area (Å²) >= 11 is 5.87. The van der Waals surface area contributed by atoms with Crippen LogP contribution in [0.2, 0.25) is 5.02 Å². The van der Waals surface area contributed by atoms with E-state index in [4.69, 9.17) is 11.6 Å². The fraction of sp³-hybridized carbons (Fsp3) is 0.500. The van der Waals surface area contributed by atoms with Crippen LogP contribution in [-0.2, 0) is 10.2 Å². The lowest BCUT2D eigenvalue weighted by atomic mass is 9.84. The zero-order valence-electron chi connectivity index (χ0n) is 11.2. The highest BCUT2D eigenvalue weighted by Gasteiger charge is 2.21. The van der Waals surface area contributed by atoms with Crippen molar-refractivity contribution in [3.8, 4) is 0 Å². The molecule has 0 heterocycles. The van der Waals surface area contributed by atoms with E-state index in [0.29, 0.717) is 19.5 Å². The summed E-state index contributed by atoms with van der Waals surface area (Å²) in [5.74, 6) is 0.0754. The Bertz CT molecular complexity index is 387. The van der Waals surface area contributed by atoms with Gasteiger partial charge in [-0.3, -0.25) is 4.79 Å². The van der Waals surface area contributed by atoms with Crippen LogP contribution >= 0.6 is 11.6 Å². The first kappa shape index (κ1) is 15.0. The normalized spacial score (nSPS) is 11.3. The van der Waals surface area contributed by atoms with Gasteiger partial charge in [-0.15, -0.1) is 0 Å². The summed E-state index contributed by atoms with van der Waals surface area (Å²) in [6.07, 6.45) is 0.507. The number of nitrogens with one attached hydrogen (secondary N) is 2. The Kier molecular flexibility index (Phi) is 5.63. The maximum atomic E-state index is 11.6. The van der Waals surface area contributed by atoms with E-state index in [1.807, 2.05) is 31.3 Å². The molecule has 0 saturated heterocycles. The number of carbonyl (C=O) groups excluding carboxylic acids is 1. The van der Waals surface area contributed by atoms with Gasteiger partial charge in [0.05, 0.1) is 0 Å². The van der Waals surface area contributed by atoms with E-state index in [1.54, 1.807) is 0 Å². The van der Waals surface area contributed by atoms with E-state index in [9.17, 15) is 4.79 Å². The van der Waals surface area contributed by atoms with Gasteiger partial charge < -0.3 is 10.6 Å². The van der Waals surface area contributed by atoms with Crippen molar-refractivity contribution >= 4 is 17.5 Å². The molecule has 0 spiro atoms. The van der Waals surface area contributed by atoms with Gasteiger partial charge in [-0.05, 0) is 24.7 Å². The molecule has 1 rings (SSSR count). The molecule has 0 saturated carbocycles. The molecule has 1 aromatic rings. The van der Waals surface area contributed by atoms with Crippen LogP contribution in [0.25, 0.3) is 0 Å². The van der Waals surface area contributed by atoms with Crippen molar-refractivity contribution in [1.82, 2.24) is 10.6 Å². The fourth-order valence-electron chi connectivity index (χ4n) is 1.65. The van der Waals surface area contributed by atoms with Crippen molar-refractivity contribution in [2.75, 3.05) is 20.1 Å². The Morgan fingerprint density at radius 3 is 2.44 bits per heavy atom. The van der Waals surface area contributed by atoms with Gasteiger partial charge in [0, 0.05) is 29.9 Å². The maximum Gasteiger partial charge on any atom is 0.221 e. The van der Waals surface area contributed by atoms with Gasteiger partial charge >= 0.3 is 0 Å². The Labute approximate surface area is 114 Å². The molecule has 4 heteroatoms. The second kappa shape index (κ2) is 6.76. The molecular weight excluding hydrogens is 248 g/mol. The minimum Gasteiger partial charge on any atom is -0.355 e. The third-order valence-electron chi connectivity index (χ3n) is 2.96. The van der Waals surface area contributed by atoms with Gasteiger partial charge in [0.25, 0.3) is 0 Å². The largest absolute Gasteiger partial charge is 0.355 e. The predicted octanol–water partition coefficient (Wildman–Crippen LogP) is 2.34. The lowest BCUT2D eigenvalue weighted by Gasteiger charge is -2.25. The summed E-state index contributed by atoms with van der Waals surface area (Å²) in [4.78, 5) is 11.6. The molecule has 0 aliphatic rings. The summed E-state index contributed by atoms with van der Waals surface area (Å²) in [6.45, 7) is 5.54. The number of hydrogen-bond acceptors (Lipinski definition) is 2. The van der Waals surface area contributed by atoms with Crippen molar-refractivity contribution in [3.63, 3.8) is 0 Å². The Morgan fingerprint density at radius 1 is 1.28 bits per heavy atom. The second-order valence-electron chi connectivity index (χ2n) is 5.02. The second-order valence-corrected chi connectivity index (χ2v) is 5.46. The summed E-state index contributed by atoms with van der Waals surface area (Å²) in [6, 6.07) is 7.76. The molecule has 0 aliphatic carbocycles. The molecule has 0 aliphatic heterocycles.